The standard InChI is InChI=1S/C8H13FO/c1-4-8(9)6-5-7(2)10-3/h4,6-7H,1,5H2,2-3H3/b8-6+. The van der Waals surface area contributed by atoms with Gasteiger partial charge >= 0.3 is 0 Å². The predicted octanol–water partition coefficient (Wildman–Crippen LogP) is 2.45. The number of allylic oxidation sites excluding steroid dienone is 2. The summed E-state index contributed by atoms with van der Waals surface area (Å²) in [5.41, 5.74) is 0. The number of methoxy groups -OCH3 is 1. The molecule has 0 heterocycles. The summed E-state index contributed by atoms with van der Waals surface area (Å²) in [5, 5.41) is 0. The van der Waals surface area contributed by atoms with Gasteiger partial charge in [0.05, 0.1) is 6.10 Å². The fourth-order valence-electron chi connectivity index (χ4n) is 0.458. The molecule has 0 rings (SSSR count). The van der Waals surface area contributed by atoms with Crippen molar-refractivity contribution in [1.29, 1.82) is 0 Å². The first-order valence-corrected chi connectivity index (χ1v) is 3.21. The maximum absolute atomic E-state index is 12.3. The fraction of sp³-hybridized carbons (Fsp3) is 0.500. The third kappa shape index (κ3) is 4.27. The van der Waals surface area contributed by atoms with Crippen LogP contribution < -0.4 is 0 Å². The van der Waals surface area contributed by atoms with E-state index in [1.165, 1.54) is 12.2 Å². The molecule has 0 aromatic heterocycles. The van der Waals surface area contributed by atoms with Gasteiger partial charge in [-0.25, -0.2) is 4.39 Å². The van der Waals surface area contributed by atoms with Crippen LogP contribution in [0.15, 0.2) is 24.6 Å². The van der Waals surface area contributed by atoms with Gasteiger partial charge in [0.15, 0.2) is 0 Å². The molecule has 0 fully saturated rings. The molecule has 58 valence electrons. The second-order valence-corrected chi connectivity index (χ2v) is 2.08. The Hall–Kier alpha value is -0.630. The first kappa shape index (κ1) is 9.37. The summed E-state index contributed by atoms with van der Waals surface area (Å²) in [4.78, 5) is 0. The molecule has 0 saturated carbocycles. The van der Waals surface area contributed by atoms with Gasteiger partial charge in [0.25, 0.3) is 0 Å². The van der Waals surface area contributed by atoms with Gasteiger partial charge in [-0.1, -0.05) is 6.58 Å². The summed E-state index contributed by atoms with van der Waals surface area (Å²) in [6, 6.07) is 0. The van der Waals surface area contributed by atoms with Crippen LogP contribution in [0.4, 0.5) is 4.39 Å². The molecule has 0 saturated heterocycles. The molecule has 0 radical (unpaired) electrons. The minimum Gasteiger partial charge on any atom is -0.381 e. The van der Waals surface area contributed by atoms with Gasteiger partial charge in [-0.2, -0.15) is 0 Å². The molecule has 1 nitrogen and oxygen atoms in total. The van der Waals surface area contributed by atoms with E-state index in [9.17, 15) is 4.39 Å². The zero-order chi connectivity index (χ0) is 7.98. The maximum atomic E-state index is 12.3. The maximum Gasteiger partial charge on any atom is 0.118 e. The summed E-state index contributed by atoms with van der Waals surface area (Å²) >= 11 is 0. The molecular formula is C8H13FO. The van der Waals surface area contributed by atoms with Crippen molar-refractivity contribution in [2.24, 2.45) is 0 Å². The van der Waals surface area contributed by atoms with Crippen molar-refractivity contribution in [3.8, 4) is 0 Å². The minimum atomic E-state index is -0.288. The molecule has 0 aromatic rings. The number of hydrogen-bond acceptors (Lipinski definition) is 1. The Morgan fingerprint density at radius 2 is 2.40 bits per heavy atom. The lowest BCUT2D eigenvalue weighted by Crippen LogP contribution is -2.01. The Balaban J connectivity index is 3.60. The average Bonchev–Trinajstić information content (AvgIpc) is 1.99. The molecule has 1 atom stereocenters. The second-order valence-electron chi connectivity index (χ2n) is 2.08. The highest BCUT2D eigenvalue weighted by molar-refractivity contribution is 5.07. The van der Waals surface area contributed by atoms with Crippen molar-refractivity contribution in [3.05, 3.63) is 24.6 Å². The molecule has 2 heteroatoms. The van der Waals surface area contributed by atoms with E-state index in [1.54, 1.807) is 7.11 Å². The molecule has 0 amide bonds. The van der Waals surface area contributed by atoms with E-state index in [4.69, 9.17) is 4.74 Å². The normalized spacial score (nSPS) is 14.9. The van der Waals surface area contributed by atoms with E-state index >= 15 is 0 Å². The fourth-order valence-corrected chi connectivity index (χ4v) is 0.458. The Bertz CT molecular complexity index is 129. The highest BCUT2D eigenvalue weighted by Crippen LogP contribution is 2.03. The molecule has 0 aliphatic rings. The van der Waals surface area contributed by atoms with Crippen LogP contribution in [0.3, 0.4) is 0 Å². The van der Waals surface area contributed by atoms with E-state index in [1.807, 2.05) is 6.92 Å². The number of rotatable bonds is 4. The third-order valence-corrected chi connectivity index (χ3v) is 1.24. The van der Waals surface area contributed by atoms with Gasteiger partial charge in [0, 0.05) is 7.11 Å². The highest BCUT2D eigenvalue weighted by Gasteiger charge is 1.95. The van der Waals surface area contributed by atoms with Crippen molar-refractivity contribution in [3.63, 3.8) is 0 Å². The predicted molar refractivity (Wildman–Crippen MR) is 40.5 cm³/mol. The summed E-state index contributed by atoms with van der Waals surface area (Å²) < 4.78 is 17.2. The molecule has 10 heavy (non-hydrogen) atoms. The van der Waals surface area contributed by atoms with Crippen molar-refractivity contribution in [2.75, 3.05) is 7.11 Å². The number of hydrogen-bond donors (Lipinski definition) is 0. The van der Waals surface area contributed by atoms with Crippen LogP contribution >= 0.6 is 0 Å². The summed E-state index contributed by atoms with van der Waals surface area (Å²) in [6.07, 6.45) is 3.31. The summed E-state index contributed by atoms with van der Waals surface area (Å²) in [6.45, 7) is 5.16. The van der Waals surface area contributed by atoms with Crippen LogP contribution in [-0.2, 0) is 4.74 Å². The lowest BCUT2D eigenvalue weighted by molar-refractivity contribution is 0.120. The molecule has 0 aliphatic heterocycles. The van der Waals surface area contributed by atoms with E-state index in [0.29, 0.717) is 6.42 Å². The van der Waals surface area contributed by atoms with Crippen LogP contribution in [-0.4, -0.2) is 13.2 Å². The summed E-state index contributed by atoms with van der Waals surface area (Å²) in [7, 11) is 1.60. The summed E-state index contributed by atoms with van der Waals surface area (Å²) in [5.74, 6) is -0.288. The van der Waals surface area contributed by atoms with Gasteiger partial charge in [0.1, 0.15) is 5.83 Å². The van der Waals surface area contributed by atoms with Crippen LogP contribution in [0, 0.1) is 0 Å². The molecule has 0 spiro atoms. The lowest BCUT2D eigenvalue weighted by Gasteiger charge is -2.03. The molecule has 1 unspecified atom stereocenters. The second kappa shape index (κ2) is 5.18. The Kier molecular flexibility index (Phi) is 4.85. The minimum absolute atomic E-state index is 0.0747. The first-order chi connectivity index (χ1) is 4.70. The Morgan fingerprint density at radius 3 is 2.80 bits per heavy atom. The van der Waals surface area contributed by atoms with Crippen LogP contribution in [0.25, 0.3) is 0 Å². The van der Waals surface area contributed by atoms with E-state index in [-0.39, 0.29) is 11.9 Å². The van der Waals surface area contributed by atoms with Crippen molar-refractivity contribution >= 4 is 0 Å². The van der Waals surface area contributed by atoms with E-state index in [2.05, 4.69) is 6.58 Å². The highest BCUT2D eigenvalue weighted by atomic mass is 19.1. The molecule has 0 bridgehead atoms. The molecule has 0 N–H and O–H groups in total. The zero-order valence-electron chi connectivity index (χ0n) is 6.43. The molecular weight excluding hydrogens is 131 g/mol. The smallest absolute Gasteiger partial charge is 0.118 e. The van der Waals surface area contributed by atoms with Gasteiger partial charge in [0.2, 0.25) is 0 Å². The topological polar surface area (TPSA) is 9.23 Å². The number of ether oxygens (including phenoxy) is 1. The quantitative estimate of drug-likeness (QED) is 0.551. The number of halogens is 1. The first-order valence-electron chi connectivity index (χ1n) is 3.21. The van der Waals surface area contributed by atoms with Crippen molar-refractivity contribution in [2.45, 2.75) is 19.4 Å². The molecule has 0 aliphatic carbocycles. The SMILES string of the molecule is C=C/C(F)=C\CC(C)OC. The van der Waals surface area contributed by atoms with Gasteiger partial charge in [-0.3, -0.25) is 0 Å². The Labute approximate surface area is 61.2 Å². The monoisotopic (exact) mass is 144 g/mol. The van der Waals surface area contributed by atoms with Crippen LogP contribution in [0.2, 0.25) is 0 Å². The molecule has 0 aromatic carbocycles. The Morgan fingerprint density at radius 1 is 1.80 bits per heavy atom. The third-order valence-electron chi connectivity index (χ3n) is 1.24. The van der Waals surface area contributed by atoms with Crippen molar-refractivity contribution < 1.29 is 9.13 Å². The van der Waals surface area contributed by atoms with E-state index < -0.39 is 0 Å². The van der Waals surface area contributed by atoms with Crippen LogP contribution in [0.5, 0.6) is 0 Å². The largest absolute Gasteiger partial charge is 0.381 e. The van der Waals surface area contributed by atoms with Crippen LogP contribution in [0.1, 0.15) is 13.3 Å². The van der Waals surface area contributed by atoms with Gasteiger partial charge < -0.3 is 4.74 Å². The lowest BCUT2D eigenvalue weighted by atomic mass is 10.2. The van der Waals surface area contributed by atoms with E-state index in [0.717, 1.165) is 0 Å². The van der Waals surface area contributed by atoms with Crippen molar-refractivity contribution in [1.82, 2.24) is 0 Å². The van der Waals surface area contributed by atoms with Gasteiger partial charge in [-0.15, -0.1) is 0 Å². The average molecular weight is 144 g/mol. The zero-order valence-corrected chi connectivity index (χ0v) is 6.43. The van der Waals surface area contributed by atoms with Gasteiger partial charge in [-0.05, 0) is 25.5 Å².